The largest absolute Gasteiger partial charge is 0.516 e. The Bertz CT molecular complexity index is 1370. The standard InChI is InChI=1S/C22H18N6O2/c1-12-11-18(30)13(7-4-10-29)20(15-6-3-9-17-22(15)26-28-24-17)19(12)14-5-2-8-16-21(14)25-27-23-16/h2-6,8-11,19,29-30H,1,7H2,(H,23,25,27)(H,24,26,28). The van der Waals surface area contributed by atoms with Gasteiger partial charge < -0.3 is 10.2 Å². The lowest BCUT2D eigenvalue weighted by atomic mass is 9.74. The Kier molecular flexibility index (Phi) is 4.17. The molecule has 0 aliphatic heterocycles. The molecular weight excluding hydrogens is 380 g/mol. The molecule has 8 nitrogen and oxygen atoms in total. The van der Waals surface area contributed by atoms with Crippen LogP contribution in [-0.4, -0.2) is 41.0 Å². The molecule has 2 aromatic carbocycles. The van der Waals surface area contributed by atoms with Gasteiger partial charge in [-0.25, -0.2) is 0 Å². The van der Waals surface area contributed by atoms with Crippen molar-refractivity contribution < 1.29 is 10.2 Å². The number of aromatic nitrogens is 6. The summed E-state index contributed by atoms with van der Waals surface area (Å²) in [5.74, 6) is -0.184. The Balaban J connectivity index is 1.85. The predicted octanol–water partition coefficient (Wildman–Crippen LogP) is 4.24. The third-order valence-corrected chi connectivity index (χ3v) is 5.39. The molecule has 0 fully saturated rings. The Morgan fingerprint density at radius 3 is 2.47 bits per heavy atom. The molecule has 4 N–H and O–H groups in total. The van der Waals surface area contributed by atoms with Crippen LogP contribution in [0.3, 0.4) is 0 Å². The number of nitrogens with one attached hydrogen (secondary N) is 2. The van der Waals surface area contributed by atoms with E-state index in [9.17, 15) is 10.2 Å². The van der Waals surface area contributed by atoms with Crippen molar-refractivity contribution in [2.75, 3.05) is 0 Å². The van der Waals surface area contributed by atoms with E-state index in [1.165, 1.54) is 0 Å². The van der Waals surface area contributed by atoms with Gasteiger partial charge in [0.15, 0.2) is 0 Å². The maximum Gasteiger partial charge on any atom is 0.120 e. The minimum Gasteiger partial charge on any atom is -0.516 e. The molecular formula is C22H18N6O2. The van der Waals surface area contributed by atoms with Crippen molar-refractivity contribution in [2.45, 2.75) is 12.3 Å². The van der Waals surface area contributed by atoms with E-state index in [4.69, 9.17) is 0 Å². The first kappa shape index (κ1) is 17.9. The number of rotatable bonds is 4. The molecule has 1 aliphatic carbocycles. The van der Waals surface area contributed by atoms with Crippen LogP contribution in [0.15, 0.2) is 78.3 Å². The second kappa shape index (κ2) is 7.00. The molecule has 8 heteroatoms. The summed E-state index contributed by atoms with van der Waals surface area (Å²) in [5.41, 5.74) is 7.00. The second-order valence-electron chi connectivity index (χ2n) is 7.09. The predicted molar refractivity (Wildman–Crippen MR) is 114 cm³/mol. The number of hydrogen-bond acceptors (Lipinski definition) is 6. The van der Waals surface area contributed by atoms with Crippen LogP contribution in [0.5, 0.6) is 0 Å². The lowest BCUT2D eigenvalue weighted by molar-refractivity contribution is 0.418. The van der Waals surface area contributed by atoms with Crippen molar-refractivity contribution in [3.8, 4) is 0 Å². The molecule has 1 aliphatic rings. The van der Waals surface area contributed by atoms with Crippen LogP contribution in [-0.2, 0) is 0 Å². The van der Waals surface area contributed by atoms with Gasteiger partial charge in [-0.1, -0.05) is 41.3 Å². The number of nitrogens with zero attached hydrogens (tertiary/aromatic N) is 4. The summed E-state index contributed by atoms with van der Waals surface area (Å²) >= 11 is 0. The Hall–Kier alpha value is -4.20. The molecule has 2 aromatic heterocycles. The normalized spacial score (nSPS) is 17.4. The molecule has 2 heterocycles. The van der Waals surface area contributed by atoms with Crippen molar-refractivity contribution in [3.63, 3.8) is 0 Å². The zero-order valence-corrected chi connectivity index (χ0v) is 15.9. The number of allylic oxidation sites excluding steroid dienone is 5. The van der Waals surface area contributed by atoms with Gasteiger partial charge in [-0.15, -0.1) is 10.2 Å². The number of aliphatic hydroxyl groups is 2. The Morgan fingerprint density at radius 2 is 1.70 bits per heavy atom. The molecule has 30 heavy (non-hydrogen) atoms. The number of fused-ring (bicyclic) bond motifs is 2. The number of hydrogen-bond donors (Lipinski definition) is 4. The molecule has 5 rings (SSSR count). The highest BCUT2D eigenvalue weighted by Crippen LogP contribution is 2.48. The summed E-state index contributed by atoms with van der Waals surface area (Å²) in [5, 5.41) is 42.3. The average molecular weight is 398 g/mol. The summed E-state index contributed by atoms with van der Waals surface area (Å²) in [6.45, 7) is 4.23. The maximum absolute atomic E-state index is 10.8. The smallest absolute Gasteiger partial charge is 0.120 e. The lowest BCUT2D eigenvalue weighted by Crippen LogP contribution is -2.13. The van der Waals surface area contributed by atoms with Gasteiger partial charge in [-0.05, 0) is 47.4 Å². The van der Waals surface area contributed by atoms with Crippen molar-refractivity contribution in [1.29, 1.82) is 0 Å². The SMILES string of the molecule is C=C1C=C(O)C(CC=CO)=C(c2cccc3[nH]nnc23)C1c1cccc2[nH]nnc12. The molecule has 4 aromatic rings. The average Bonchev–Trinajstić information content (AvgIpc) is 3.41. The van der Waals surface area contributed by atoms with Crippen molar-refractivity contribution >= 4 is 27.6 Å². The van der Waals surface area contributed by atoms with Gasteiger partial charge in [0.2, 0.25) is 0 Å². The molecule has 0 saturated carbocycles. The van der Waals surface area contributed by atoms with Crippen LogP contribution in [0.2, 0.25) is 0 Å². The zero-order valence-electron chi connectivity index (χ0n) is 15.9. The van der Waals surface area contributed by atoms with E-state index >= 15 is 0 Å². The molecule has 0 radical (unpaired) electrons. The summed E-state index contributed by atoms with van der Waals surface area (Å²) in [6.07, 6.45) is 4.56. The number of H-pyrrole nitrogens is 2. The van der Waals surface area contributed by atoms with Gasteiger partial charge in [0.25, 0.3) is 0 Å². The summed E-state index contributed by atoms with van der Waals surface area (Å²) in [7, 11) is 0. The molecule has 1 unspecified atom stereocenters. The first-order valence-corrected chi connectivity index (χ1v) is 9.41. The quantitative estimate of drug-likeness (QED) is 0.381. The molecule has 0 amide bonds. The van der Waals surface area contributed by atoms with Crippen molar-refractivity contribution in [2.24, 2.45) is 0 Å². The second-order valence-corrected chi connectivity index (χ2v) is 7.09. The van der Waals surface area contributed by atoms with Crippen LogP contribution >= 0.6 is 0 Å². The Morgan fingerprint density at radius 1 is 1.00 bits per heavy atom. The fourth-order valence-electron chi connectivity index (χ4n) is 4.11. The molecule has 1 atom stereocenters. The first-order valence-electron chi connectivity index (χ1n) is 9.41. The van der Waals surface area contributed by atoms with Crippen LogP contribution in [0.1, 0.15) is 23.5 Å². The topological polar surface area (TPSA) is 124 Å². The first-order chi connectivity index (χ1) is 14.7. The fraction of sp³-hybridized carbons (Fsp3) is 0.0909. The van der Waals surface area contributed by atoms with Gasteiger partial charge in [0, 0.05) is 17.1 Å². The molecule has 0 saturated heterocycles. The summed E-state index contributed by atoms with van der Waals surface area (Å²) in [6, 6.07) is 11.6. The van der Waals surface area contributed by atoms with Crippen LogP contribution in [0.25, 0.3) is 27.6 Å². The molecule has 0 spiro atoms. The number of aliphatic hydroxyl groups excluding tert-OH is 2. The zero-order chi connectivity index (χ0) is 20.7. The van der Waals surface area contributed by atoms with Crippen LogP contribution in [0.4, 0.5) is 0 Å². The van der Waals surface area contributed by atoms with Crippen LogP contribution < -0.4 is 0 Å². The van der Waals surface area contributed by atoms with Gasteiger partial charge in [0.1, 0.15) is 16.8 Å². The van der Waals surface area contributed by atoms with Crippen molar-refractivity contribution in [3.05, 3.63) is 89.4 Å². The van der Waals surface area contributed by atoms with Gasteiger partial charge in [-0.2, -0.15) is 0 Å². The monoisotopic (exact) mass is 398 g/mol. The summed E-state index contributed by atoms with van der Waals surface area (Å²) in [4.78, 5) is 0. The maximum atomic E-state index is 10.8. The third-order valence-electron chi connectivity index (χ3n) is 5.39. The van der Waals surface area contributed by atoms with E-state index in [0.29, 0.717) is 17.5 Å². The highest BCUT2D eigenvalue weighted by molar-refractivity contribution is 5.96. The summed E-state index contributed by atoms with van der Waals surface area (Å²) < 4.78 is 0. The molecule has 148 valence electrons. The van der Waals surface area contributed by atoms with E-state index in [1.54, 1.807) is 12.2 Å². The number of aromatic amines is 2. The molecule has 0 bridgehead atoms. The number of benzene rings is 2. The van der Waals surface area contributed by atoms with E-state index < -0.39 is 0 Å². The van der Waals surface area contributed by atoms with E-state index in [2.05, 4.69) is 37.4 Å². The minimum absolute atomic E-state index is 0.108. The minimum atomic E-state index is -0.293. The van der Waals surface area contributed by atoms with E-state index in [0.717, 1.165) is 45.1 Å². The highest BCUT2D eigenvalue weighted by Gasteiger charge is 2.32. The highest BCUT2D eigenvalue weighted by atomic mass is 16.3. The lowest BCUT2D eigenvalue weighted by Gasteiger charge is -2.29. The van der Waals surface area contributed by atoms with Crippen LogP contribution in [0, 0.1) is 0 Å². The van der Waals surface area contributed by atoms with Gasteiger partial charge >= 0.3 is 0 Å². The third kappa shape index (κ3) is 2.69. The fourth-order valence-corrected chi connectivity index (χ4v) is 4.11. The van der Waals surface area contributed by atoms with E-state index in [-0.39, 0.29) is 11.7 Å². The van der Waals surface area contributed by atoms with Crippen molar-refractivity contribution in [1.82, 2.24) is 30.8 Å². The van der Waals surface area contributed by atoms with Gasteiger partial charge in [0.05, 0.1) is 17.3 Å². The Labute approximate surface area is 170 Å². The van der Waals surface area contributed by atoms with Gasteiger partial charge in [-0.3, -0.25) is 10.2 Å². The van der Waals surface area contributed by atoms with E-state index in [1.807, 2.05) is 36.4 Å².